The van der Waals surface area contributed by atoms with Gasteiger partial charge in [0, 0.05) is 0 Å². The Hall–Kier alpha value is -1.30. The minimum Gasteiger partial charge on any atom is -0.0776 e. The van der Waals surface area contributed by atoms with Crippen molar-refractivity contribution in [2.45, 2.75) is 29.2 Å². The van der Waals surface area contributed by atoms with E-state index in [0.717, 1.165) is 0 Å². The van der Waals surface area contributed by atoms with E-state index in [-0.39, 0.29) is 22.3 Å². The van der Waals surface area contributed by atoms with Gasteiger partial charge < -0.3 is 0 Å². The highest BCUT2D eigenvalue weighted by Crippen LogP contribution is 2.16. The highest BCUT2D eigenvalue weighted by molar-refractivity contribution is 5.85. The third-order valence-electron chi connectivity index (χ3n) is 2.01. The van der Waals surface area contributed by atoms with E-state index in [0.29, 0.717) is 0 Å². The maximum Gasteiger partial charge on any atom is -0.0155 e. The maximum atomic E-state index is 2.16. The van der Waals surface area contributed by atoms with Crippen LogP contribution in [0.3, 0.4) is 0 Å². The van der Waals surface area contributed by atoms with Gasteiger partial charge in [-0.2, -0.15) is 0 Å². The summed E-state index contributed by atoms with van der Waals surface area (Å²) in [4.78, 5) is 0. The monoisotopic (exact) mass is 190 g/mol. The molecule has 78 valence electrons. The number of hydrogen-bond acceptors (Lipinski definition) is 0. The summed E-state index contributed by atoms with van der Waals surface area (Å²) in [6, 6.07) is 14.8. The number of fused-ring (bicyclic) bond motifs is 1. The molecule has 0 aliphatic heterocycles. The molecule has 0 heterocycles. The molecule has 0 saturated heterocycles. The summed E-state index contributed by atoms with van der Waals surface area (Å²) in [5.74, 6) is 0. The lowest BCUT2D eigenvalue weighted by Crippen LogP contribution is -1.75. The van der Waals surface area contributed by atoms with Gasteiger partial charge in [0.1, 0.15) is 0 Å². The van der Waals surface area contributed by atoms with Crippen molar-refractivity contribution in [3.8, 4) is 0 Å². The Morgan fingerprint density at radius 1 is 0.714 bits per heavy atom. The Balaban J connectivity index is 0. The van der Waals surface area contributed by atoms with Gasteiger partial charge in [-0.1, -0.05) is 64.7 Å². The quantitative estimate of drug-likeness (QED) is 0.545. The Morgan fingerprint density at radius 3 is 1.93 bits per heavy atom. The summed E-state index contributed by atoms with van der Waals surface area (Å²) in [5.41, 5.74) is 1.35. The molecule has 2 aromatic rings. The topological polar surface area (TPSA) is 0 Å². The molecule has 0 aliphatic carbocycles. The fourth-order valence-electron chi connectivity index (χ4n) is 1.39. The molecule has 0 bridgehead atoms. The van der Waals surface area contributed by atoms with Gasteiger partial charge in [-0.05, 0) is 23.3 Å². The first-order chi connectivity index (χ1) is 5.38. The fraction of sp³-hybridized carbons (Fsp3) is 0.286. The van der Waals surface area contributed by atoms with Crippen LogP contribution in [0, 0.1) is 6.92 Å². The molecule has 0 saturated carbocycles. The second-order valence-electron chi connectivity index (χ2n) is 2.80. The fourth-order valence-corrected chi connectivity index (χ4v) is 1.39. The van der Waals surface area contributed by atoms with Crippen LogP contribution in [-0.2, 0) is 0 Å². The highest BCUT2D eigenvalue weighted by atomic mass is 14.0. The van der Waals surface area contributed by atoms with Crippen LogP contribution in [0.1, 0.15) is 27.8 Å². The molecule has 0 N–H and O–H groups in total. The molecule has 0 nitrogen and oxygen atoms in total. The molecular weight excluding hydrogens is 168 g/mol. The van der Waals surface area contributed by atoms with Gasteiger partial charge in [-0.15, -0.1) is 0 Å². The van der Waals surface area contributed by atoms with E-state index in [9.17, 15) is 0 Å². The van der Waals surface area contributed by atoms with Crippen LogP contribution in [0.2, 0.25) is 0 Å². The Labute approximate surface area is 88.6 Å². The van der Waals surface area contributed by atoms with Crippen LogP contribution < -0.4 is 0 Å². The van der Waals surface area contributed by atoms with E-state index < -0.39 is 0 Å². The summed E-state index contributed by atoms with van der Waals surface area (Å²) in [5, 5.41) is 2.68. The van der Waals surface area contributed by atoms with Crippen molar-refractivity contribution in [3.05, 3.63) is 48.0 Å². The zero-order valence-corrected chi connectivity index (χ0v) is 6.54. The minimum absolute atomic E-state index is 0. The summed E-state index contributed by atoms with van der Waals surface area (Å²) in [7, 11) is 0. The van der Waals surface area contributed by atoms with Gasteiger partial charge >= 0.3 is 0 Å². The van der Waals surface area contributed by atoms with Crippen LogP contribution in [0.15, 0.2) is 42.5 Å². The first kappa shape index (κ1) is 15.2. The van der Waals surface area contributed by atoms with E-state index >= 15 is 0 Å². The van der Waals surface area contributed by atoms with Crippen LogP contribution in [-0.4, -0.2) is 0 Å². The van der Waals surface area contributed by atoms with Crippen molar-refractivity contribution in [3.63, 3.8) is 0 Å². The predicted octanol–water partition coefficient (Wildman–Crippen LogP) is 5.06. The molecule has 2 rings (SSSR count). The Bertz CT molecular complexity index is 369. The number of benzene rings is 2. The SMILES string of the molecule is C.C.C.Cc1cccc2ccccc12. The van der Waals surface area contributed by atoms with Crippen LogP contribution in [0.25, 0.3) is 10.8 Å². The Kier molecular flexibility index (Phi) is 6.72. The molecule has 0 radical (unpaired) electrons. The van der Waals surface area contributed by atoms with Gasteiger partial charge in [0.05, 0.1) is 0 Å². The second-order valence-corrected chi connectivity index (χ2v) is 2.80. The maximum absolute atomic E-state index is 2.16. The number of hydrogen-bond donors (Lipinski definition) is 0. The van der Waals surface area contributed by atoms with Crippen molar-refractivity contribution in [2.75, 3.05) is 0 Å². The van der Waals surface area contributed by atoms with Crippen molar-refractivity contribution in [1.82, 2.24) is 0 Å². The lowest BCUT2D eigenvalue weighted by molar-refractivity contribution is 1.53. The molecule has 0 fully saturated rings. The molecule has 2 aromatic carbocycles. The van der Waals surface area contributed by atoms with Crippen molar-refractivity contribution >= 4 is 10.8 Å². The predicted molar refractivity (Wildman–Crippen MR) is 68.9 cm³/mol. The normalized spacial score (nSPS) is 8.07. The number of rotatable bonds is 0. The van der Waals surface area contributed by atoms with Gasteiger partial charge in [0.25, 0.3) is 0 Å². The molecule has 14 heavy (non-hydrogen) atoms. The smallest absolute Gasteiger partial charge is 0.0155 e. The van der Waals surface area contributed by atoms with Gasteiger partial charge in [0.15, 0.2) is 0 Å². The number of aryl methyl sites for hydroxylation is 1. The third-order valence-corrected chi connectivity index (χ3v) is 2.01. The summed E-state index contributed by atoms with van der Waals surface area (Å²) in [6.45, 7) is 2.14. The summed E-state index contributed by atoms with van der Waals surface area (Å²) < 4.78 is 0. The van der Waals surface area contributed by atoms with Crippen molar-refractivity contribution in [2.24, 2.45) is 0 Å². The van der Waals surface area contributed by atoms with Gasteiger partial charge in [-0.3, -0.25) is 0 Å². The lowest BCUT2D eigenvalue weighted by atomic mass is 10.1. The molecule has 0 amide bonds. The third kappa shape index (κ3) is 2.59. The van der Waals surface area contributed by atoms with E-state index in [1.54, 1.807) is 0 Å². The summed E-state index contributed by atoms with van der Waals surface area (Å²) >= 11 is 0. The first-order valence-corrected chi connectivity index (χ1v) is 3.82. The van der Waals surface area contributed by atoms with Crippen LogP contribution in [0.4, 0.5) is 0 Å². The first-order valence-electron chi connectivity index (χ1n) is 3.82. The van der Waals surface area contributed by atoms with Crippen LogP contribution >= 0.6 is 0 Å². The van der Waals surface area contributed by atoms with E-state index in [4.69, 9.17) is 0 Å². The summed E-state index contributed by atoms with van der Waals surface area (Å²) in [6.07, 6.45) is 0. The molecule has 0 spiro atoms. The average molecular weight is 190 g/mol. The van der Waals surface area contributed by atoms with Crippen molar-refractivity contribution in [1.29, 1.82) is 0 Å². The minimum atomic E-state index is 0. The highest BCUT2D eigenvalue weighted by Gasteiger charge is 1.91. The van der Waals surface area contributed by atoms with Gasteiger partial charge in [-0.25, -0.2) is 0 Å². The van der Waals surface area contributed by atoms with E-state index in [1.807, 2.05) is 0 Å². The van der Waals surface area contributed by atoms with Crippen molar-refractivity contribution < 1.29 is 0 Å². The largest absolute Gasteiger partial charge is 0.0776 e. The zero-order valence-electron chi connectivity index (χ0n) is 6.54. The molecule has 0 aliphatic rings. The Morgan fingerprint density at radius 2 is 1.29 bits per heavy atom. The zero-order chi connectivity index (χ0) is 7.68. The molecule has 0 heteroatoms. The standard InChI is InChI=1S/C11H10.3CH4/c1-9-5-4-7-10-6-2-3-8-11(9)10;;;/h2-8H,1H3;3*1H4. The van der Waals surface area contributed by atoms with E-state index in [2.05, 4.69) is 49.4 Å². The molecule has 0 atom stereocenters. The molecular formula is C14H22. The lowest BCUT2D eigenvalue weighted by Gasteiger charge is -1.98. The average Bonchev–Trinajstić information content (AvgIpc) is 2.06. The van der Waals surface area contributed by atoms with Gasteiger partial charge in [0.2, 0.25) is 0 Å². The molecule has 0 aromatic heterocycles. The van der Waals surface area contributed by atoms with E-state index in [1.165, 1.54) is 16.3 Å². The van der Waals surface area contributed by atoms with Crippen LogP contribution in [0.5, 0.6) is 0 Å². The molecule has 0 unspecified atom stereocenters. The second kappa shape index (κ2) is 6.20.